The minimum absolute atomic E-state index is 0.744. The highest BCUT2D eigenvalue weighted by Gasteiger charge is 2.00. The molecule has 0 N–H and O–H groups in total. The second kappa shape index (κ2) is 16.0. The van der Waals surface area contributed by atoms with E-state index in [2.05, 4.69) is 20.8 Å². The van der Waals surface area contributed by atoms with E-state index in [0.717, 1.165) is 19.1 Å². The Morgan fingerprint density at radius 2 is 1.21 bits per heavy atom. The molecular weight excluding hydrogens is 232 g/mol. The molecule has 1 atom stereocenters. The number of hydrogen-bond acceptors (Lipinski definition) is 1. The summed E-state index contributed by atoms with van der Waals surface area (Å²) in [6.45, 7) is 8.77. The summed E-state index contributed by atoms with van der Waals surface area (Å²) >= 11 is 0. The summed E-state index contributed by atoms with van der Waals surface area (Å²) in [6.07, 6.45) is 16.6. The van der Waals surface area contributed by atoms with E-state index < -0.39 is 0 Å². The molecule has 0 aliphatic carbocycles. The molecule has 0 radical (unpaired) electrons. The number of ether oxygens (including phenoxy) is 1. The summed E-state index contributed by atoms with van der Waals surface area (Å²) in [7, 11) is 0. The van der Waals surface area contributed by atoms with Crippen molar-refractivity contribution >= 4 is 0 Å². The van der Waals surface area contributed by atoms with Crippen molar-refractivity contribution in [2.75, 3.05) is 13.2 Å². The fourth-order valence-electron chi connectivity index (χ4n) is 2.55. The van der Waals surface area contributed by atoms with E-state index in [1.165, 1.54) is 77.0 Å². The summed E-state index contributed by atoms with van der Waals surface area (Å²) in [5, 5.41) is 0. The van der Waals surface area contributed by atoms with Gasteiger partial charge in [-0.2, -0.15) is 0 Å². The predicted molar refractivity (Wildman–Crippen MR) is 86.7 cm³/mol. The van der Waals surface area contributed by atoms with Crippen molar-refractivity contribution < 1.29 is 4.74 Å². The van der Waals surface area contributed by atoms with Gasteiger partial charge in [0.15, 0.2) is 0 Å². The minimum atomic E-state index is 0.744. The van der Waals surface area contributed by atoms with Gasteiger partial charge in [-0.25, -0.2) is 0 Å². The normalized spacial score (nSPS) is 12.8. The van der Waals surface area contributed by atoms with Crippen LogP contribution in [0.15, 0.2) is 0 Å². The van der Waals surface area contributed by atoms with Crippen molar-refractivity contribution in [1.82, 2.24) is 0 Å². The molecule has 0 aromatic heterocycles. The number of rotatable bonds is 15. The van der Waals surface area contributed by atoms with Gasteiger partial charge >= 0.3 is 0 Å². The summed E-state index contributed by atoms with van der Waals surface area (Å²) in [5.74, 6) is 0.744. The van der Waals surface area contributed by atoms with Gasteiger partial charge in [-0.3, -0.25) is 0 Å². The van der Waals surface area contributed by atoms with Crippen molar-refractivity contribution in [1.29, 1.82) is 0 Å². The number of hydrogen-bond donors (Lipinski definition) is 0. The molecule has 0 amide bonds. The van der Waals surface area contributed by atoms with Gasteiger partial charge in [0, 0.05) is 13.2 Å². The highest BCUT2D eigenvalue weighted by Crippen LogP contribution is 2.11. The first-order valence-electron chi connectivity index (χ1n) is 8.89. The number of unbranched alkanes of at least 4 members (excludes halogenated alkanes) is 9. The average molecular weight is 271 g/mol. The van der Waals surface area contributed by atoms with Crippen LogP contribution in [-0.2, 0) is 4.74 Å². The van der Waals surface area contributed by atoms with Gasteiger partial charge in [-0.1, -0.05) is 85.0 Å². The van der Waals surface area contributed by atoms with Gasteiger partial charge in [-0.05, 0) is 18.8 Å². The third-order valence-corrected chi connectivity index (χ3v) is 3.83. The third kappa shape index (κ3) is 15.9. The van der Waals surface area contributed by atoms with Crippen LogP contribution in [0.5, 0.6) is 0 Å². The Balaban J connectivity index is 2.99. The molecule has 0 aliphatic heterocycles. The topological polar surface area (TPSA) is 9.23 Å². The van der Waals surface area contributed by atoms with E-state index in [9.17, 15) is 0 Å². The molecule has 0 aromatic carbocycles. The smallest absolute Gasteiger partial charge is 0.0491 e. The van der Waals surface area contributed by atoms with Crippen molar-refractivity contribution in [3.05, 3.63) is 0 Å². The van der Waals surface area contributed by atoms with Crippen LogP contribution in [0.3, 0.4) is 0 Å². The average Bonchev–Trinajstić information content (AvgIpc) is 2.40. The molecule has 0 spiro atoms. The van der Waals surface area contributed by atoms with Gasteiger partial charge in [-0.15, -0.1) is 0 Å². The second-order valence-electron chi connectivity index (χ2n) is 6.15. The van der Waals surface area contributed by atoms with Crippen LogP contribution in [0.1, 0.15) is 97.8 Å². The Labute approximate surface area is 122 Å². The van der Waals surface area contributed by atoms with E-state index in [-0.39, 0.29) is 0 Å². The van der Waals surface area contributed by atoms with E-state index in [4.69, 9.17) is 4.74 Å². The van der Waals surface area contributed by atoms with Crippen LogP contribution in [0, 0.1) is 5.92 Å². The zero-order chi connectivity index (χ0) is 14.2. The van der Waals surface area contributed by atoms with E-state index in [1.807, 2.05) is 0 Å². The van der Waals surface area contributed by atoms with Gasteiger partial charge < -0.3 is 4.74 Å². The lowest BCUT2D eigenvalue weighted by Gasteiger charge is -2.10. The highest BCUT2D eigenvalue weighted by atomic mass is 16.5. The molecule has 0 aliphatic rings. The van der Waals surface area contributed by atoms with Crippen LogP contribution in [0.25, 0.3) is 0 Å². The van der Waals surface area contributed by atoms with Gasteiger partial charge in [0.25, 0.3) is 0 Å². The van der Waals surface area contributed by atoms with Crippen molar-refractivity contribution in [2.45, 2.75) is 97.8 Å². The molecule has 1 unspecified atom stereocenters. The van der Waals surface area contributed by atoms with Crippen LogP contribution in [-0.4, -0.2) is 13.2 Å². The predicted octanol–water partition coefficient (Wildman–Crippen LogP) is 6.36. The first-order valence-corrected chi connectivity index (χ1v) is 8.89. The molecule has 116 valence electrons. The third-order valence-electron chi connectivity index (χ3n) is 3.83. The Morgan fingerprint density at radius 1 is 0.684 bits per heavy atom. The first kappa shape index (κ1) is 19.0. The molecule has 0 heterocycles. The van der Waals surface area contributed by atoms with Gasteiger partial charge in [0.1, 0.15) is 0 Å². The fourth-order valence-corrected chi connectivity index (χ4v) is 2.55. The fraction of sp³-hybridized carbons (Fsp3) is 1.00. The molecule has 0 fully saturated rings. The van der Waals surface area contributed by atoms with Crippen LogP contribution >= 0.6 is 0 Å². The lowest BCUT2D eigenvalue weighted by atomic mass is 10.1. The molecule has 0 bridgehead atoms. The Hall–Kier alpha value is -0.0400. The summed E-state index contributed by atoms with van der Waals surface area (Å²) < 4.78 is 5.72. The Kier molecular flexibility index (Phi) is 16.0. The van der Waals surface area contributed by atoms with Crippen molar-refractivity contribution in [3.63, 3.8) is 0 Å². The van der Waals surface area contributed by atoms with Crippen molar-refractivity contribution in [3.8, 4) is 0 Å². The molecule has 0 saturated heterocycles. The van der Waals surface area contributed by atoms with Crippen LogP contribution in [0.4, 0.5) is 0 Å². The monoisotopic (exact) mass is 270 g/mol. The van der Waals surface area contributed by atoms with Crippen molar-refractivity contribution in [2.24, 2.45) is 5.92 Å². The minimum Gasteiger partial charge on any atom is -0.381 e. The molecule has 1 heteroatoms. The maximum absolute atomic E-state index is 5.72. The molecule has 0 saturated carbocycles. The quantitative estimate of drug-likeness (QED) is 0.315. The maximum atomic E-state index is 5.72. The first-order chi connectivity index (χ1) is 9.31. The molecule has 1 nitrogen and oxygen atoms in total. The summed E-state index contributed by atoms with van der Waals surface area (Å²) in [6, 6.07) is 0. The van der Waals surface area contributed by atoms with E-state index in [0.29, 0.717) is 0 Å². The van der Waals surface area contributed by atoms with E-state index in [1.54, 1.807) is 0 Å². The van der Waals surface area contributed by atoms with E-state index >= 15 is 0 Å². The Bertz CT molecular complexity index is 156. The standard InChI is InChI=1S/C18H38O/c1-4-6-7-8-9-10-11-12-13-14-16-19-17-18(3)15-5-2/h18H,4-17H2,1-3H3. The van der Waals surface area contributed by atoms with Crippen LogP contribution in [0.2, 0.25) is 0 Å². The molecule has 19 heavy (non-hydrogen) atoms. The SMILES string of the molecule is CCCCCCCCCCCCOCC(C)CCC. The maximum Gasteiger partial charge on any atom is 0.0491 e. The largest absolute Gasteiger partial charge is 0.381 e. The summed E-state index contributed by atoms with van der Waals surface area (Å²) in [5.41, 5.74) is 0. The van der Waals surface area contributed by atoms with Gasteiger partial charge in [0.2, 0.25) is 0 Å². The van der Waals surface area contributed by atoms with Gasteiger partial charge in [0.05, 0.1) is 0 Å². The lowest BCUT2D eigenvalue weighted by Crippen LogP contribution is -2.06. The zero-order valence-electron chi connectivity index (χ0n) is 13.9. The molecule has 0 aromatic rings. The Morgan fingerprint density at radius 3 is 1.74 bits per heavy atom. The molecular formula is C18H38O. The zero-order valence-corrected chi connectivity index (χ0v) is 13.9. The second-order valence-corrected chi connectivity index (χ2v) is 6.15. The van der Waals surface area contributed by atoms with Crippen LogP contribution < -0.4 is 0 Å². The highest BCUT2D eigenvalue weighted by molar-refractivity contribution is 4.50. The summed E-state index contributed by atoms with van der Waals surface area (Å²) in [4.78, 5) is 0. The lowest BCUT2D eigenvalue weighted by molar-refractivity contribution is 0.0983. The molecule has 0 rings (SSSR count).